The number of amides is 1. The Labute approximate surface area is 152 Å². The lowest BCUT2D eigenvalue weighted by atomic mass is 10.3. The number of rotatable bonds is 3. The summed E-state index contributed by atoms with van der Waals surface area (Å²) in [6, 6.07) is 0. The van der Waals surface area contributed by atoms with Gasteiger partial charge in [0.2, 0.25) is 5.89 Å². The Hall–Kier alpha value is -1.59. The Balaban J connectivity index is 0.00000264. The van der Waals surface area contributed by atoms with E-state index in [4.69, 9.17) is 9.26 Å². The number of hydrogen-bond donors (Lipinski definition) is 1. The van der Waals surface area contributed by atoms with Gasteiger partial charge in [-0.3, -0.25) is 4.99 Å². The lowest BCUT2D eigenvalue weighted by molar-refractivity contribution is 0.0914. The molecule has 0 radical (unpaired) electrons. The van der Waals surface area contributed by atoms with Gasteiger partial charge in [-0.05, 0) is 6.92 Å². The van der Waals surface area contributed by atoms with Gasteiger partial charge in [0.05, 0.1) is 13.2 Å². The summed E-state index contributed by atoms with van der Waals surface area (Å²) in [6.45, 7) is 7.02. The van der Waals surface area contributed by atoms with Crippen molar-refractivity contribution in [3.63, 3.8) is 0 Å². The Kier molecular flexibility index (Phi) is 8.06. The molecule has 0 unspecified atom stereocenters. The summed E-state index contributed by atoms with van der Waals surface area (Å²) in [5.74, 6) is 1.88. The fraction of sp³-hybridized carbons (Fsp3) is 0.692. The van der Waals surface area contributed by atoms with Crippen molar-refractivity contribution in [3.8, 4) is 0 Å². The fourth-order valence-corrected chi connectivity index (χ4v) is 2.22. The van der Waals surface area contributed by atoms with Crippen LogP contribution in [0, 0.1) is 6.92 Å². The second-order valence-electron chi connectivity index (χ2n) is 4.80. The topological polar surface area (TPSA) is 96.1 Å². The summed E-state index contributed by atoms with van der Waals surface area (Å²) >= 11 is 0. The highest BCUT2D eigenvalue weighted by Crippen LogP contribution is 2.05. The molecule has 1 N–H and O–H groups in total. The van der Waals surface area contributed by atoms with Gasteiger partial charge >= 0.3 is 6.09 Å². The normalized spacial score (nSPS) is 15.2. The molecule has 9 nitrogen and oxygen atoms in total. The first kappa shape index (κ1) is 19.5. The van der Waals surface area contributed by atoms with Crippen LogP contribution in [0.5, 0.6) is 0 Å². The van der Waals surface area contributed by atoms with Gasteiger partial charge in [-0.1, -0.05) is 5.16 Å². The van der Waals surface area contributed by atoms with E-state index in [1.165, 1.54) is 0 Å². The zero-order valence-corrected chi connectivity index (χ0v) is 15.9. The van der Waals surface area contributed by atoms with E-state index in [9.17, 15) is 4.79 Å². The molecule has 0 atom stereocenters. The van der Waals surface area contributed by atoms with Crippen molar-refractivity contribution in [2.24, 2.45) is 4.99 Å². The van der Waals surface area contributed by atoms with E-state index >= 15 is 0 Å². The van der Waals surface area contributed by atoms with Gasteiger partial charge in [0.1, 0.15) is 0 Å². The summed E-state index contributed by atoms with van der Waals surface area (Å²) in [4.78, 5) is 23.8. The first-order valence-corrected chi connectivity index (χ1v) is 7.30. The Bertz CT molecular complexity index is 528. The summed E-state index contributed by atoms with van der Waals surface area (Å²) in [7, 11) is 1.72. The van der Waals surface area contributed by atoms with Crippen LogP contribution in [-0.4, -0.2) is 71.8 Å². The van der Waals surface area contributed by atoms with Crippen LogP contribution in [-0.2, 0) is 11.3 Å². The predicted molar refractivity (Wildman–Crippen MR) is 94.8 cm³/mol. The molecule has 0 aliphatic carbocycles. The number of ether oxygens (including phenoxy) is 1. The van der Waals surface area contributed by atoms with E-state index in [1.807, 2.05) is 0 Å². The number of carbonyl (C=O) groups is 1. The van der Waals surface area contributed by atoms with Gasteiger partial charge < -0.3 is 24.4 Å². The second-order valence-corrected chi connectivity index (χ2v) is 4.80. The Morgan fingerprint density at radius 2 is 2.00 bits per heavy atom. The standard InChI is InChI=1S/C13H22N6O3.HI/c1-4-21-13(20)19-7-5-18(6-8-19)12(14-3)15-9-11-16-10(2)22-17-11;/h4-9H2,1-3H3,(H,14,15);1H. The van der Waals surface area contributed by atoms with Crippen molar-refractivity contribution in [3.05, 3.63) is 11.7 Å². The highest BCUT2D eigenvalue weighted by molar-refractivity contribution is 14.0. The number of guanidine groups is 1. The number of aromatic nitrogens is 2. The molecule has 1 amide bonds. The minimum atomic E-state index is -0.257. The molecule has 130 valence electrons. The number of piperazine rings is 1. The number of hydrogen-bond acceptors (Lipinski definition) is 6. The van der Waals surface area contributed by atoms with Gasteiger partial charge in [0.15, 0.2) is 11.8 Å². The van der Waals surface area contributed by atoms with E-state index in [-0.39, 0.29) is 30.1 Å². The highest BCUT2D eigenvalue weighted by Gasteiger charge is 2.23. The molecule has 0 saturated carbocycles. The number of aliphatic imine (C=N–C) groups is 1. The molecule has 1 fully saturated rings. The van der Waals surface area contributed by atoms with E-state index in [0.717, 1.165) is 5.96 Å². The van der Waals surface area contributed by atoms with Gasteiger partial charge in [-0.25, -0.2) is 4.79 Å². The number of nitrogens with one attached hydrogen (secondary N) is 1. The Morgan fingerprint density at radius 1 is 1.35 bits per heavy atom. The number of halogens is 1. The summed E-state index contributed by atoms with van der Waals surface area (Å²) in [5.41, 5.74) is 0. The number of carbonyl (C=O) groups excluding carboxylic acids is 1. The molecule has 0 spiro atoms. The fourth-order valence-electron chi connectivity index (χ4n) is 2.22. The average molecular weight is 438 g/mol. The van der Waals surface area contributed by atoms with E-state index in [1.54, 1.807) is 25.8 Å². The zero-order chi connectivity index (χ0) is 15.9. The maximum Gasteiger partial charge on any atom is 0.409 e. The monoisotopic (exact) mass is 438 g/mol. The van der Waals surface area contributed by atoms with Crippen LogP contribution in [0.25, 0.3) is 0 Å². The van der Waals surface area contributed by atoms with Gasteiger partial charge in [-0.15, -0.1) is 24.0 Å². The van der Waals surface area contributed by atoms with Crippen molar-refractivity contribution in [1.29, 1.82) is 0 Å². The predicted octanol–water partition coefficient (Wildman–Crippen LogP) is 0.846. The molecule has 1 saturated heterocycles. The van der Waals surface area contributed by atoms with Crippen LogP contribution in [0.4, 0.5) is 4.79 Å². The van der Waals surface area contributed by atoms with Crippen LogP contribution >= 0.6 is 24.0 Å². The molecule has 1 aromatic rings. The first-order chi connectivity index (χ1) is 10.6. The van der Waals surface area contributed by atoms with E-state index < -0.39 is 0 Å². The molecule has 1 aromatic heterocycles. The van der Waals surface area contributed by atoms with Crippen molar-refractivity contribution >= 4 is 36.0 Å². The molecule has 23 heavy (non-hydrogen) atoms. The minimum absolute atomic E-state index is 0. The summed E-state index contributed by atoms with van der Waals surface area (Å²) < 4.78 is 9.93. The zero-order valence-electron chi connectivity index (χ0n) is 13.6. The van der Waals surface area contributed by atoms with Crippen molar-refractivity contribution < 1.29 is 14.1 Å². The molecular formula is C13H23IN6O3. The SMILES string of the molecule is CCOC(=O)N1CCN(C(=NC)NCc2noc(C)n2)CC1.I. The maximum absolute atomic E-state index is 11.7. The quantitative estimate of drug-likeness (QED) is 0.425. The van der Waals surface area contributed by atoms with Crippen LogP contribution in [0.2, 0.25) is 0 Å². The Morgan fingerprint density at radius 3 is 2.52 bits per heavy atom. The smallest absolute Gasteiger partial charge is 0.409 e. The second kappa shape index (κ2) is 9.53. The van der Waals surface area contributed by atoms with E-state index in [2.05, 4.69) is 25.3 Å². The first-order valence-electron chi connectivity index (χ1n) is 7.30. The summed E-state index contributed by atoms with van der Waals surface area (Å²) in [5, 5.41) is 7.03. The number of aryl methyl sites for hydroxylation is 1. The van der Waals surface area contributed by atoms with Crippen LogP contribution in [0.3, 0.4) is 0 Å². The molecule has 2 heterocycles. The lowest BCUT2D eigenvalue weighted by Gasteiger charge is -2.35. The third kappa shape index (κ3) is 5.52. The van der Waals surface area contributed by atoms with Crippen LogP contribution < -0.4 is 5.32 Å². The molecule has 1 aliphatic rings. The molecule has 0 aromatic carbocycles. The van der Waals surface area contributed by atoms with Crippen molar-refractivity contribution in [2.75, 3.05) is 39.8 Å². The largest absolute Gasteiger partial charge is 0.450 e. The molecule has 10 heteroatoms. The van der Waals surface area contributed by atoms with Gasteiger partial charge in [0, 0.05) is 40.2 Å². The molecule has 0 bridgehead atoms. The third-order valence-electron chi connectivity index (χ3n) is 3.29. The lowest BCUT2D eigenvalue weighted by Crippen LogP contribution is -2.53. The molecule has 1 aliphatic heterocycles. The highest BCUT2D eigenvalue weighted by atomic mass is 127. The van der Waals surface area contributed by atoms with Gasteiger partial charge in [0.25, 0.3) is 0 Å². The average Bonchev–Trinajstić information content (AvgIpc) is 2.94. The molecular weight excluding hydrogens is 415 g/mol. The van der Waals surface area contributed by atoms with Crippen molar-refractivity contribution in [1.82, 2.24) is 25.3 Å². The number of nitrogens with zero attached hydrogens (tertiary/aromatic N) is 5. The van der Waals surface area contributed by atoms with Gasteiger partial charge in [-0.2, -0.15) is 4.98 Å². The summed E-state index contributed by atoms with van der Waals surface area (Å²) in [6.07, 6.45) is -0.257. The maximum atomic E-state index is 11.7. The van der Waals surface area contributed by atoms with Crippen LogP contribution in [0.1, 0.15) is 18.6 Å². The van der Waals surface area contributed by atoms with Crippen LogP contribution in [0.15, 0.2) is 9.52 Å². The third-order valence-corrected chi connectivity index (χ3v) is 3.29. The molecule has 2 rings (SSSR count). The van der Waals surface area contributed by atoms with E-state index in [0.29, 0.717) is 51.0 Å². The minimum Gasteiger partial charge on any atom is -0.450 e. The van der Waals surface area contributed by atoms with Crippen molar-refractivity contribution in [2.45, 2.75) is 20.4 Å².